The van der Waals surface area contributed by atoms with E-state index in [4.69, 9.17) is 5.84 Å². The third-order valence-electron chi connectivity index (χ3n) is 1.06. The molecule has 0 spiro atoms. The van der Waals surface area contributed by atoms with Gasteiger partial charge in [0.2, 0.25) is 5.82 Å². The number of halogens is 3. The molecule has 0 bridgehead atoms. The predicted octanol–water partition coefficient (Wildman–Crippen LogP) is 0.133. The molecule has 0 aliphatic heterocycles. The molecule has 1 aromatic heterocycles. The number of aromatic amines is 1. The number of rotatable bonds is 1. The molecule has 1 aromatic rings. The van der Waals surface area contributed by atoms with E-state index in [1.165, 1.54) is 7.05 Å². The summed E-state index contributed by atoms with van der Waals surface area (Å²) in [5.74, 6) is 3.73. The van der Waals surface area contributed by atoms with Gasteiger partial charge in [0.15, 0.2) is 0 Å². The van der Waals surface area contributed by atoms with Crippen molar-refractivity contribution in [2.45, 2.75) is 6.18 Å². The lowest BCUT2D eigenvalue weighted by Crippen LogP contribution is -2.26. The van der Waals surface area contributed by atoms with Gasteiger partial charge in [-0.25, -0.2) is 5.84 Å². The molecule has 0 aliphatic carbocycles. The van der Waals surface area contributed by atoms with Crippen LogP contribution < -0.4 is 10.9 Å². The molecule has 1 heterocycles. The minimum absolute atomic E-state index is 0.206. The molecule has 12 heavy (non-hydrogen) atoms. The normalized spacial score (nSPS) is 11.8. The van der Waals surface area contributed by atoms with Crippen molar-refractivity contribution in [1.82, 2.24) is 15.2 Å². The van der Waals surface area contributed by atoms with Gasteiger partial charge in [-0.15, -0.1) is 5.10 Å². The first-order valence-corrected chi connectivity index (χ1v) is 2.89. The van der Waals surface area contributed by atoms with Crippen molar-refractivity contribution in [1.29, 1.82) is 0 Å². The van der Waals surface area contributed by atoms with Crippen LogP contribution in [0.4, 0.5) is 19.1 Å². The molecule has 1 rings (SSSR count). The molecular weight excluding hydrogens is 175 g/mol. The maximum absolute atomic E-state index is 11.9. The van der Waals surface area contributed by atoms with Crippen LogP contribution in [0.15, 0.2) is 0 Å². The molecular formula is C4H6F3N5. The Morgan fingerprint density at radius 1 is 1.50 bits per heavy atom. The molecule has 0 fully saturated rings. The maximum atomic E-state index is 11.9. The summed E-state index contributed by atoms with van der Waals surface area (Å²) in [6.07, 6.45) is -4.51. The quantitative estimate of drug-likeness (QED) is 0.477. The summed E-state index contributed by atoms with van der Waals surface area (Å²) in [6, 6.07) is 0. The monoisotopic (exact) mass is 181 g/mol. The molecule has 0 unspecified atom stereocenters. The highest BCUT2D eigenvalue weighted by Crippen LogP contribution is 2.26. The second-order valence-electron chi connectivity index (χ2n) is 2.09. The van der Waals surface area contributed by atoms with E-state index < -0.39 is 12.0 Å². The fourth-order valence-corrected chi connectivity index (χ4v) is 0.537. The molecule has 0 radical (unpaired) electrons. The fraction of sp³-hybridized carbons (Fsp3) is 0.500. The number of aromatic nitrogens is 3. The van der Waals surface area contributed by atoms with Crippen LogP contribution in [-0.2, 0) is 6.18 Å². The molecule has 68 valence electrons. The third kappa shape index (κ3) is 1.64. The molecule has 5 nitrogen and oxygen atoms in total. The second kappa shape index (κ2) is 2.63. The standard InChI is InChI=1S/C4H6F3N5/c1-12(8)3-9-2(10-11-3)4(5,6)7/h8H2,1H3,(H,9,10,11). The lowest BCUT2D eigenvalue weighted by molar-refractivity contribution is -0.144. The average molecular weight is 181 g/mol. The largest absolute Gasteiger partial charge is 0.451 e. The molecule has 0 aromatic carbocycles. The number of nitrogens with zero attached hydrogens (tertiary/aromatic N) is 3. The van der Waals surface area contributed by atoms with Crippen molar-refractivity contribution in [2.24, 2.45) is 5.84 Å². The summed E-state index contributed by atoms with van der Waals surface area (Å²) in [6.45, 7) is 0. The summed E-state index contributed by atoms with van der Waals surface area (Å²) >= 11 is 0. The highest BCUT2D eigenvalue weighted by Gasteiger charge is 2.35. The number of hydrogen-bond donors (Lipinski definition) is 2. The Morgan fingerprint density at radius 2 is 2.08 bits per heavy atom. The van der Waals surface area contributed by atoms with Gasteiger partial charge in [-0.3, -0.25) is 10.1 Å². The van der Waals surface area contributed by atoms with Gasteiger partial charge in [-0.1, -0.05) is 0 Å². The smallest absolute Gasteiger partial charge is 0.281 e. The first-order valence-electron chi connectivity index (χ1n) is 2.89. The van der Waals surface area contributed by atoms with Crippen LogP contribution in [0.25, 0.3) is 0 Å². The minimum atomic E-state index is -4.51. The van der Waals surface area contributed by atoms with Gasteiger partial charge in [0.1, 0.15) is 0 Å². The van der Waals surface area contributed by atoms with Crippen molar-refractivity contribution >= 4 is 5.95 Å². The Hall–Kier alpha value is -1.31. The minimum Gasteiger partial charge on any atom is -0.281 e. The van der Waals surface area contributed by atoms with Gasteiger partial charge in [-0.2, -0.15) is 18.2 Å². The number of nitrogens with one attached hydrogen (secondary N) is 1. The van der Waals surface area contributed by atoms with E-state index in [9.17, 15) is 13.2 Å². The average Bonchev–Trinajstić information content (AvgIpc) is 2.30. The van der Waals surface area contributed by atoms with E-state index in [0.29, 0.717) is 0 Å². The molecule has 0 saturated heterocycles. The number of anilines is 1. The van der Waals surface area contributed by atoms with Crippen molar-refractivity contribution in [2.75, 3.05) is 12.1 Å². The van der Waals surface area contributed by atoms with Gasteiger partial charge in [0, 0.05) is 7.05 Å². The van der Waals surface area contributed by atoms with E-state index in [1.807, 2.05) is 0 Å². The van der Waals surface area contributed by atoms with Gasteiger partial charge < -0.3 is 0 Å². The van der Waals surface area contributed by atoms with Gasteiger partial charge >= 0.3 is 6.18 Å². The molecule has 0 aliphatic rings. The van der Waals surface area contributed by atoms with Crippen LogP contribution >= 0.6 is 0 Å². The van der Waals surface area contributed by atoms with Crippen molar-refractivity contribution < 1.29 is 13.2 Å². The van der Waals surface area contributed by atoms with E-state index in [1.54, 1.807) is 5.10 Å². The summed E-state index contributed by atoms with van der Waals surface area (Å²) < 4.78 is 35.6. The molecule has 3 N–H and O–H groups in total. The Kier molecular flexibility index (Phi) is 1.92. The predicted molar refractivity (Wildman–Crippen MR) is 34.0 cm³/mol. The number of H-pyrrole nitrogens is 1. The zero-order chi connectivity index (χ0) is 9.35. The van der Waals surface area contributed by atoms with Crippen LogP contribution in [0.2, 0.25) is 0 Å². The lowest BCUT2D eigenvalue weighted by atomic mass is 10.6. The highest BCUT2D eigenvalue weighted by molar-refractivity contribution is 5.23. The maximum Gasteiger partial charge on any atom is 0.451 e. The first kappa shape index (κ1) is 8.78. The molecule has 8 heteroatoms. The van der Waals surface area contributed by atoms with E-state index in [2.05, 4.69) is 10.1 Å². The number of nitrogens with two attached hydrogens (primary N) is 1. The summed E-state index contributed by atoms with van der Waals surface area (Å²) in [7, 11) is 1.34. The molecule has 0 saturated carbocycles. The van der Waals surface area contributed by atoms with Crippen LogP contribution in [0.3, 0.4) is 0 Å². The van der Waals surface area contributed by atoms with Crippen LogP contribution in [-0.4, -0.2) is 22.2 Å². The lowest BCUT2D eigenvalue weighted by Gasteiger charge is -2.03. The fourth-order valence-electron chi connectivity index (χ4n) is 0.537. The second-order valence-corrected chi connectivity index (χ2v) is 2.09. The summed E-state index contributed by atoms with van der Waals surface area (Å²) in [5, 5.41) is 5.83. The van der Waals surface area contributed by atoms with Crippen LogP contribution in [0, 0.1) is 0 Å². The highest BCUT2D eigenvalue weighted by atomic mass is 19.4. The Morgan fingerprint density at radius 3 is 2.33 bits per heavy atom. The van der Waals surface area contributed by atoms with Crippen molar-refractivity contribution in [3.63, 3.8) is 0 Å². The topological polar surface area (TPSA) is 70.8 Å². The Balaban J connectivity index is 2.92. The van der Waals surface area contributed by atoms with E-state index >= 15 is 0 Å². The zero-order valence-corrected chi connectivity index (χ0v) is 6.05. The first-order chi connectivity index (χ1) is 5.41. The summed E-state index contributed by atoms with van der Waals surface area (Å²) in [5.41, 5.74) is 0. The Labute approximate surface area is 65.3 Å². The van der Waals surface area contributed by atoms with Crippen molar-refractivity contribution in [3.05, 3.63) is 5.82 Å². The van der Waals surface area contributed by atoms with Gasteiger partial charge in [0.05, 0.1) is 0 Å². The van der Waals surface area contributed by atoms with Crippen molar-refractivity contribution in [3.8, 4) is 0 Å². The van der Waals surface area contributed by atoms with E-state index in [0.717, 1.165) is 5.01 Å². The van der Waals surface area contributed by atoms with Gasteiger partial charge in [0.25, 0.3) is 5.95 Å². The van der Waals surface area contributed by atoms with Crippen LogP contribution in [0.5, 0.6) is 0 Å². The SMILES string of the molecule is CN(N)c1n[nH]c(C(F)(F)F)n1. The number of hydrazine groups is 1. The summed E-state index contributed by atoms with van der Waals surface area (Å²) in [4.78, 5) is 3.09. The molecule has 0 atom stereocenters. The third-order valence-corrected chi connectivity index (χ3v) is 1.06. The molecule has 0 amide bonds. The number of alkyl halides is 3. The van der Waals surface area contributed by atoms with E-state index in [-0.39, 0.29) is 5.95 Å². The Bertz CT molecular complexity index is 264. The van der Waals surface area contributed by atoms with Crippen LogP contribution in [0.1, 0.15) is 5.82 Å². The van der Waals surface area contributed by atoms with Gasteiger partial charge in [-0.05, 0) is 0 Å². The number of hydrogen-bond acceptors (Lipinski definition) is 4. The zero-order valence-electron chi connectivity index (χ0n) is 6.05.